The monoisotopic (exact) mass is 235 g/mol. The maximum absolute atomic E-state index is 13.6. The summed E-state index contributed by atoms with van der Waals surface area (Å²) in [6.45, 7) is 0.720. The van der Waals surface area contributed by atoms with Crippen molar-refractivity contribution in [3.05, 3.63) is 29.6 Å². The van der Waals surface area contributed by atoms with Gasteiger partial charge >= 0.3 is 5.97 Å². The molecule has 2 aliphatic rings. The van der Waals surface area contributed by atoms with Crippen molar-refractivity contribution in [2.75, 3.05) is 11.4 Å². The first-order valence-electron chi connectivity index (χ1n) is 5.93. The third-order valence-corrected chi connectivity index (χ3v) is 3.91. The Kier molecular flexibility index (Phi) is 2.31. The first kappa shape index (κ1) is 10.6. The average molecular weight is 235 g/mol. The van der Waals surface area contributed by atoms with Gasteiger partial charge in [-0.3, -0.25) is 4.79 Å². The number of carboxylic acids is 1. The summed E-state index contributed by atoms with van der Waals surface area (Å²) in [4.78, 5) is 13.2. The molecule has 1 saturated heterocycles. The van der Waals surface area contributed by atoms with E-state index in [0.717, 1.165) is 17.8 Å². The molecule has 0 aliphatic carbocycles. The SMILES string of the molecule is O=C(O)C1CCN2c3cccc(F)c3CC2C1. The molecule has 3 rings (SSSR count). The van der Waals surface area contributed by atoms with E-state index >= 15 is 0 Å². The first-order chi connectivity index (χ1) is 8.16. The van der Waals surface area contributed by atoms with E-state index < -0.39 is 5.97 Å². The quantitative estimate of drug-likeness (QED) is 0.810. The van der Waals surface area contributed by atoms with Gasteiger partial charge in [0.05, 0.1) is 5.92 Å². The van der Waals surface area contributed by atoms with Crippen LogP contribution in [0.5, 0.6) is 0 Å². The summed E-state index contributed by atoms with van der Waals surface area (Å²) in [5.74, 6) is -1.15. The highest BCUT2D eigenvalue weighted by Gasteiger charge is 2.38. The molecule has 2 unspecified atom stereocenters. The van der Waals surface area contributed by atoms with Crippen molar-refractivity contribution in [1.82, 2.24) is 0 Å². The van der Waals surface area contributed by atoms with Gasteiger partial charge in [-0.25, -0.2) is 4.39 Å². The Labute approximate surface area is 98.9 Å². The molecule has 90 valence electrons. The van der Waals surface area contributed by atoms with E-state index in [-0.39, 0.29) is 17.8 Å². The summed E-state index contributed by atoms with van der Waals surface area (Å²) in [5, 5.41) is 9.04. The smallest absolute Gasteiger partial charge is 0.306 e. The summed E-state index contributed by atoms with van der Waals surface area (Å²) < 4.78 is 13.6. The van der Waals surface area contributed by atoms with Gasteiger partial charge in [0.2, 0.25) is 0 Å². The largest absolute Gasteiger partial charge is 0.481 e. The van der Waals surface area contributed by atoms with Gasteiger partial charge in [0.1, 0.15) is 5.82 Å². The van der Waals surface area contributed by atoms with Crippen molar-refractivity contribution < 1.29 is 14.3 Å². The molecule has 0 amide bonds. The standard InChI is InChI=1S/C13H14FNO2/c14-11-2-1-3-12-10(11)7-9-6-8(13(16)17)4-5-15(9)12/h1-3,8-9H,4-7H2,(H,16,17). The van der Waals surface area contributed by atoms with Gasteiger partial charge in [-0.2, -0.15) is 0 Å². The molecular weight excluding hydrogens is 221 g/mol. The summed E-state index contributed by atoms with van der Waals surface area (Å²) in [6.07, 6.45) is 1.93. The van der Waals surface area contributed by atoms with Crippen molar-refractivity contribution in [3.8, 4) is 0 Å². The molecule has 4 heteroatoms. The zero-order valence-corrected chi connectivity index (χ0v) is 9.40. The summed E-state index contributed by atoms with van der Waals surface area (Å²) in [7, 11) is 0. The van der Waals surface area contributed by atoms with E-state index in [1.165, 1.54) is 6.07 Å². The van der Waals surface area contributed by atoms with Crippen LogP contribution in [0.1, 0.15) is 18.4 Å². The van der Waals surface area contributed by atoms with E-state index in [9.17, 15) is 9.18 Å². The van der Waals surface area contributed by atoms with Crippen LogP contribution in [0.4, 0.5) is 10.1 Å². The van der Waals surface area contributed by atoms with Gasteiger partial charge in [0.15, 0.2) is 0 Å². The van der Waals surface area contributed by atoms with E-state index in [4.69, 9.17) is 5.11 Å². The number of piperidine rings is 1. The highest BCUT2D eigenvalue weighted by atomic mass is 19.1. The van der Waals surface area contributed by atoms with Gasteiger partial charge in [0.25, 0.3) is 0 Å². The fourth-order valence-corrected chi connectivity index (χ4v) is 3.04. The van der Waals surface area contributed by atoms with Crippen LogP contribution in [0, 0.1) is 11.7 Å². The van der Waals surface area contributed by atoms with Gasteiger partial charge in [-0.1, -0.05) is 6.07 Å². The molecule has 0 aromatic heterocycles. The normalized spacial score (nSPS) is 26.5. The number of carbonyl (C=O) groups is 1. The van der Waals surface area contributed by atoms with Crippen molar-refractivity contribution in [1.29, 1.82) is 0 Å². The Morgan fingerprint density at radius 3 is 3.06 bits per heavy atom. The Hall–Kier alpha value is -1.58. The molecule has 1 N–H and O–H groups in total. The highest BCUT2D eigenvalue weighted by Crippen LogP contribution is 2.39. The third-order valence-electron chi connectivity index (χ3n) is 3.91. The molecule has 17 heavy (non-hydrogen) atoms. The fourth-order valence-electron chi connectivity index (χ4n) is 3.04. The summed E-state index contributed by atoms with van der Waals surface area (Å²) in [6, 6.07) is 5.29. The number of nitrogens with zero attached hydrogens (tertiary/aromatic N) is 1. The number of hydrogen-bond acceptors (Lipinski definition) is 2. The Bertz CT molecular complexity index is 474. The lowest BCUT2D eigenvalue weighted by atomic mass is 9.91. The van der Waals surface area contributed by atoms with E-state index in [2.05, 4.69) is 4.90 Å². The number of carboxylic acid groups (broad SMARTS) is 1. The molecule has 1 aromatic carbocycles. The first-order valence-corrected chi connectivity index (χ1v) is 5.93. The van der Waals surface area contributed by atoms with Crippen LogP contribution in [0.25, 0.3) is 0 Å². The minimum absolute atomic E-state index is 0.163. The van der Waals surface area contributed by atoms with Crippen molar-refractivity contribution in [2.24, 2.45) is 5.92 Å². The molecule has 0 saturated carbocycles. The van der Waals surface area contributed by atoms with Gasteiger partial charge in [0, 0.05) is 23.8 Å². The van der Waals surface area contributed by atoms with Crippen LogP contribution in [0.15, 0.2) is 18.2 Å². The Morgan fingerprint density at radius 2 is 2.29 bits per heavy atom. The van der Waals surface area contributed by atoms with Crippen LogP contribution in [0.2, 0.25) is 0 Å². The number of anilines is 1. The van der Waals surface area contributed by atoms with E-state index in [1.54, 1.807) is 6.07 Å². The highest BCUT2D eigenvalue weighted by molar-refractivity contribution is 5.71. The van der Waals surface area contributed by atoms with Crippen LogP contribution in [-0.2, 0) is 11.2 Å². The predicted octanol–water partition coefficient (Wildman–Crippen LogP) is 2.05. The lowest BCUT2D eigenvalue weighted by Gasteiger charge is -2.35. The lowest BCUT2D eigenvalue weighted by molar-refractivity contribution is -0.142. The third kappa shape index (κ3) is 1.59. The van der Waals surface area contributed by atoms with E-state index in [0.29, 0.717) is 19.3 Å². The molecule has 0 bridgehead atoms. The molecule has 2 atom stereocenters. The van der Waals surface area contributed by atoms with Crippen LogP contribution in [0.3, 0.4) is 0 Å². The number of aliphatic carboxylic acids is 1. The van der Waals surface area contributed by atoms with E-state index in [1.807, 2.05) is 6.07 Å². The van der Waals surface area contributed by atoms with Gasteiger partial charge < -0.3 is 10.0 Å². The van der Waals surface area contributed by atoms with Crippen molar-refractivity contribution in [2.45, 2.75) is 25.3 Å². The molecule has 1 fully saturated rings. The second kappa shape index (κ2) is 3.72. The maximum atomic E-state index is 13.6. The minimum atomic E-state index is -0.721. The Balaban J connectivity index is 1.89. The number of fused-ring (bicyclic) bond motifs is 3. The summed E-state index contributed by atoms with van der Waals surface area (Å²) in [5.41, 5.74) is 1.71. The lowest BCUT2D eigenvalue weighted by Crippen LogP contribution is -2.42. The van der Waals surface area contributed by atoms with Crippen LogP contribution in [-0.4, -0.2) is 23.7 Å². The second-order valence-electron chi connectivity index (χ2n) is 4.85. The fraction of sp³-hybridized carbons (Fsp3) is 0.462. The predicted molar refractivity (Wildman–Crippen MR) is 61.6 cm³/mol. The van der Waals surface area contributed by atoms with Gasteiger partial charge in [-0.15, -0.1) is 0 Å². The maximum Gasteiger partial charge on any atom is 0.306 e. The molecule has 0 radical (unpaired) electrons. The van der Waals surface area contributed by atoms with Crippen LogP contribution < -0.4 is 4.90 Å². The molecule has 2 heterocycles. The molecular formula is C13H14FNO2. The van der Waals surface area contributed by atoms with Crippen molar-refractivity contribution >= 4 is 11.7 Å². The molecule has 3 nitrogen and oxygen atoms in total. The second-order valence-corrected chi connectivity index (χ2v) is 4.85. The van der Waals surface area contributed by atoms with Gasteiger partial charge in [-0.05, 0) is 31.4 Å². The topological polar surface area (TPSA) is 40.5 Å². The van der Waals surface area contributed by atoms with Crippen LogP contribution >= 0.6 is 0 Å². The molecule has 2 aliphatic heterocycles. The minimum Gasteiger partial charge on any atom is -0.481 e. The molecule has 1 aromatic rings. The Morgan fingerprint density at radius 1 is 1.47 bits per heavy atom. The number of hydrogen-bond donors (Lipinski definition) is 1. The van der Waals surface area contributed by atoms with Crippen molar-refractivity contribution in [3.63, 3.8) is 0 Å². The zero-order valence-electron chi connectivity index (χ0n) is 9.40. The summed E-state index contributed by atoms with van der Waals surface area (Å²) >= 11 is 0. The number of rotatable bonds is 1. The zero-order chi connectivity index (χ0) is 12.0. The average Bonchev–Trinajstić information content (AvgIpc) is 2.68. The number of benzene rings is 1. The molecule has 0 spiro atoms. The number of halogens is 1.